The Hall–Kier alpha value is -1.47. The van der Waals surface area contributed by atoms with Crippen LogP contribution in [-0.4, -0.2) is 29.1 Å². The zero-order valence-corrected chi connectivity index (χ0v) is 10.4. The maximum absolute atomic E-state index is 11.4. The molecule has 0 aliphatic carbocycles. The molecule has 0 fully saturated rings. The lowest BCUT2D eigenvalue weighted by Gasteiger charge is -2.05. The number of hydrogen-bond acceptors (Lipinski definition) is 5. The number of rotatable bonds is 5. The number of esters is 1. The molecular formula is C10H15N3O3S. The molecule has 6 nitrogen and oxygen atoms in total. The van der Waals surface area contributed by atoms with Crippen molar-refractivity contribution in [2.75, 3.05) is 13.2 Å². The molecule has 17 heavy (non-hydrogen) atoms. The lowest BCUT2D eigenvalue weighted by molar-refractivity contribution is -0.141. The summed E-state index contributed by atoms with van der Waals surface area (Å²) >= 11 is 4.87. The lowest BCUT2D eigenvalue weighted by atomic mass is 10.1. The molecule has 7 heteroatoms. The molecule has 1 aromatic rings. The number of ether oxygens (including phenoxy) is 1. The second-order valence-corrected chi connectivity index (χ2v) is 3.95. The fourth-order valence-electron chi connectivity index (χ4n) is 1.34. The van der Waals surface area contributed by atoms with E-state index >= 15 is 0 Å². The van der Waals surface area contributed by atoms with E-state index in [1.54, 1.807) is 6.92 Å². The Morgan fingerprint density at radius 2 is 2.18 bits per heavy atom. The molecule has 0 bridgehead atoms. The zero-order valence-electron chi connectivity index (χ0n) is 9.54. The number of nitrogens with two attached hydrogens (primary N) is 1. The van der Waals surface area contributed by atoms with Crippen LogP contribution in [0.3, 0.4) is 0 Å². The fourth-order valence-corrected chi connectivity index (χ4v) is 1.56. The number of hydrogen-bond donors (Lipinski definition) is 3. The maximum atomic E-state index is 11.4. The summed E-state index contributed by atoms with van der Waals surface area (Å²) in [4.78, 5) is 27.6. The highest BCUT2D eigenvalue weighted by molar-refractivity contribution is 7.71. The Kier molecular flexibility index (Phi) is 5.05. The van der Waals surface area contributed by atoms with Crippen molar-refractivity contribution < 1.29 is 9.53 Å². The van der Waals surface area contributed by atoms with Crippen LogP contribution in [0.25, 0.3) is 0 Å². The van der Waals surface area contributed by atoms with Crippen LogP contribution in [0.5, 0.6) is 0 Å². The van der Waals surface area contributed by atoms with Gasteiger partial charge in [0.15, 0.2) is 4.77 Å². The number of aromatic nitrogens is 2. The van der Waals surface area contributed by atoms with Gasteiger partial charge in [-0.15, -0.1) is 0 Å². The van der Waals surface area contributed by atoms with Crippen molar-refractivity contribution in [1.29, 1.82) is 0 Å². The van der Waals surface area contributed by atoms with E-state index in [4.69, 9.17) is 22.7 Å². The van der Waals surface area contributed by atoms with Gasteiger partial charge < -0.3 is 15.5 Å². The Balaban J connectivity index is 2.55. The smallest absolute Gasteiger partial charge is 0.319 e. The van der Waals surface area contributed by atoms with E-state index in [0.717, 1.165) is 5.69 Å². The molecule has 1 aromatic heterocycles. The fraction of sp³-hybridized carbons (Fsp3) is 0.500. The highest BCUT2D eigenvalue weighted by Gasteiger charge is 2.04. The monoisotopic (exact) mass is 257 g/mol. The van der Waals surface area contributed by atoms with Gasteiger partial charge in [-0.2, -0.15) is 0 Å². The Labute approximate surface area is 103 Å². The molecule has 0 atom stereocenters. The van der Waals surface area contributed by atoms with Crippen LogP contribution in [0.1, 0.15) is 17.7 Å². The molecule has 0 saturated carbocycles. The summed E-state index contributed by atoms with van der Waals surface area (Å²) in [5.74, 6) is -0.430. The summed E-state index contributed by atoms with van der Waals surface area (Å²) in [6, 6.07) is 0. The average molecular weight is 257 g/mol. The van der Waals surface area contributed by atoms with Gasteiger partial charge in [-0.25, -0.2) is 0 Å². The molecule has 0 saturated heterocycles. The summed E-state index contributed by atoms with van der Waals surface area (Å²) in [6.07, 6.45) is 1.21. The van der Waals surface area contributed by atoms with Gasteiger partial charge in [-0.3, -0.25) is 14.6 Å². The van der Waals surface area contributed by atoms with Crippen LogP contribution >= 0.6 is 12.2 Å². The molecule has 1 heterocycles. The van der Waals surface area contributed by atoms with Gasteiger partial charge in [0.05, 0.1) is 13.2 Å². The SMILES string of the molecule is Cc1c(CCCOC(=O)CN)[nH]c(=S)[nH]c1=O. The van der Waals surface area contributed by atoms with E-state index in [9.17, 15) is 9.59 Å². The van der Waals surface area contributed by atoms with Crippen molar-refractivity contribution in [3.8, 4) is 0 Å². The minimum atomic E-state index is -0.430. The second-order valence-electron chi connectivity index (χ2n) is 3.54. The van der Waals surface area contributed by atoms with E-state index in [0.29, 0.717) is 23.2 Å². The molecule has 94 valence electrons. The third kappa shape index (κ3) is 4.12. The van der Waals surface area contributed by atoms with Crippen molar-refractivity contribution in [1.82, 2.24) is 9.97 Å². The van der Waals surface area contributed by atoms with E-state index in [1.807, 2.05) is 0 Å². The zero-order chi connectivity index (χ0) is 12.8. The standard InChI is InChI=1S/C10H15N3O3S/c1-6-7(12-10(17)13-9(6)15)3-2-4-16-8(14)5-11/h2-5,11H2,1H3,(H2,12,13,15,17). The predicted octanol–water partition coefficient (Wildman–Crippen LogP) is 0.175. The minimum absolute atomic E-state index is 0.119. The van der Waals surface area contributed by atoms with E-state index in [2.05, 4.69) is 9.97 Å². The molecular weight excluding hydrogens is 242 g/mol. The van der Waals surface area contributed by atoms with Crippen LogP contribution in [0, 0.1) is 11.7 Å². The molecule has 0 aliphatic heterocycles. The normalized spacial score (nSPS) is 10.2. The number of aryl methyl sites for hydroxylation is 1. The highest BCUT2D eigenvalue weighted by Crippen LogP contribution is 2.02. The number of nitrogens with one attached hydrogen (secondary N) is 2. The van der Waals surface area contributed by atoms with Crippen LogP contribution in [0.2, 0.25) is 0 Å². The Morgan fingerprint density at radius 1 is 1.47 bits per heavy atom. The van der Waals surface area contributed by atoms with Gasteiger partial charge in [-0.05, 0) is 32.0 Å². The molecule has 0 unspecified atom stereocenters. The largest absolute Gasteiger partial charge is 0.465 e. The molecule has 0 aliphatic rings. The number of aromatic amines is 2. The number of H-pyrrole nitrogens is 2. The van der Waals surface area contributed by atoms with E-state index < -0.39 is 5.97 Å². The molecule has 0 aromatic carbocycles. The summed E-state index contributed by atoms with van der Waals surface area (Å²) < 4.78 is 5.12. The second kappa shape index (κ2) is 6.31. The average Bonchev–Trinajstić information content (AvgIpc) is 2.30. The first-order chi connectivity index (χ1) is 8.04. The molecule has 0 amide bonds. The number of carbonyl (C=O) groups excluding carboxylic acids is 1. The summed E-state index contributed by atoms with van der Waals surface area (Å²) in [7, 11) is 0. The van der Waals surface area contributed by atoms with Crippen molar-refractivity contribution in [2.24, 2.45) is 5.73 Å². The lowest BCUT2D eigenvalue weighted by Crippen LogP contribution is -2.18. The number of carbonyl (C=O) groups is 1. The first kappa shape index (κ1) is 13.6. The first-order valence-corrected chi connectivity index (χ1v) is 5.63. The molecule has 0 spiro atoms. The van der Waals surface area contributed by atoms with Gasteiger partial charge >= 0.3 is 5.97 Å². The first-order valence-electron chi connectivity index (χ1n) is 5.22. The molecule has 1 rings (SSSR count). The van der Waals surface area contributed by atoms with Gasteiger partial charge in [0.2, 0.25) is 0 Å². The van der Waals surface area contributed by atoms with Crippen LogP contribution in [-0.2, 0) is 16.0 Å². The van der Waals surface area contributed by atoms with E-state index in [-0.39, 0.29) is 18.7 Å². The third-order valence-corrected chi connectivity index (χ3v) is 2.49. The van der Waals surface area contributed by atoms with Crippen molar-refractivity contribution in [3.05, 3.63) is 26.4 Å². The van der Waals surface area contributed by atoms with Crippen LogP contribution in [0.4, 0.5) is 0 Å². The van der Waals surface area contributed by atoms with Gasteiger partial charge in [0.25, 0.3) is 5.56 Å². The Morgan fingerprint density at radius 3 is 2.82 bits per heavy atom. The Bertz CT molecular complexity index is 506. The van der Waals surface area contributed by atoms with Gasteiger partial charge in [0.1, 0.15) is 0 Å². The predicted molar refractivity (Wildman–Crippen MR) is 65.3 cm³/mol. The molecule has 0 radical (unpaired) electrons. The summed E-state index contributed by atoms with van der Waals surface area (Å²) in [6.45, 7) is 1.88. The van der Waals surface area contributed by atoms with Crippen LogP contribution < -0.4 is 11.3 Å². The minimum Gasteiger partial charge on any atom is -0.465 e. The summed E-state index contributed by atoms with van der Waals surface area (Å²) in [5.41, 5.74) is 6.26. The van der Waals surface area contributed by atoms with Gasteiger partial charge in [-0.1, -0.05) is 0 Å². The van der Waals surface area contributed by atoms with Crippen molar-refractivity contribution in [3.63, 3.8) is 0 Å². The summed E-state index contributed by atoms with van der Waals surface area (Å²) in [5, 5.41) is 0. The van der Waals surface area contributed by atoms with Crippen LogP contribution in [0.15, 0.2) is 4.79 Å². The van der Waals surface area contributed by atoms with Gasteiger partial charge in [0, 0.05) is 11.3 Å². The molecule has 4 N–H and O–H groups in total. The topological polar surface area (TPSA) is 101 Å². The van der Waals surface area contributed by atoms with Crippen molar-refractivity contribution in [2.45, 2.75) is 19.8 Å². The highest BCUT2D eigenvalue weighted by atomic mass is 32.1. The van der Waals surface area contributed by atoms with Crippen molar-refractivity contribution >= 4 is 18.2 Å². The quantitative estimate of drug-likeness (QED) is 0.397. The third-order valence-electron chi connectivity index (χ3n) is 2.29. The van der Waals surface area contributed by atoms with E-state index in [1.165, 1.54) is 0 Å². The maximum Gasteiger partial charge on any atom is 0.319 e.